The minimum Gasteiger partial charge on any atom is -0.465 e. The van der Waals surface area contributed by atoms with E-state index in [-0.39, 0.29) is 5.97 Å². The van der Waals surface area contributed by atoms with Gasteiger partial charge in [0.25, 0.3) is 0 Å². The van der Waals surface area contributed by atoms with Crippen molar-refractivity contribution < 1.29 is 9.53 Å². The van der Waals surface area contributed by atoms with E-state index in [1.165, 1.54) is 13.3 Å². The first-order valence-corrected chi connectivity index (χ1v) is 5.89. The van der Waals surface area contributed by atoms with Gasteiger partial charge in [-0.05, 0) is 23.6 Å². The Balaban J connectivity index is 2.14. The molecule has 0 unspecified atom stereocenters. The Labute approximate surface area is 110 Å². The van der Waals surface area contributed by atoms with E-state index in [4.69, 9.17) is 4.74 Å². The molecule has 0 radical (unpaired) electrons. The normalized spacial score (nSPS) is 10.6. The molecule has 94 valence electrons. The summed E-state index contributed by atoms with van der Waals surface area (Å²) in [5.41, 5.74) is 2.35. The summed E-state index contributed by atoms with van der Waals surface area (Å²) in [5, 5.41) is 1.14. The molecule has 0 fully saturated rings. The van der Waals surface area contributed by atoms with E-state index in [0.717, 1.165) is 16.6 Å². The van der Waals surface area contributed by atoms with Crippen LogP contribution in [0.15, 0.2) is 55.0 Å². The number of rotatable bonds is 2. The maximum Gasteiger partial charge on any atom is 0.339 e. The zero-order valence-electron chi connectivity index (χ0n) is 10.4. The number of pyridine rings is 1. The topological polar surface area (TPSA) is 44.1 Å². The predicted octanol–water partition coefficient (Wildman–Crippen LogP) is 2.81. The van der Waals surface area contributed by atoms with E-state index in [2.05, 4.69) is 4.98 Å². The lowest BCUT2D eigenvalue weighted by molar-refractivity contribution is 0.0600. The zero-order valence-corrected chi connectivity index (χ0v) is 10.4. The first-order valence-electron chi connectivity index (χ1n) is 5.89. The summed E-state index contributed by atoms with van der Waals surface area (Å²) in [5.74, 6) is -0.384. The van der Waals surface area contributed by atoms with Crippen molar-refractivity contribution in [3.05, 3.63) is 60.6 Å². The van der Waals surface area contributed by atoms with Crippen LogP contribution in [0.2, 0.25) is 0 Å². The molecule has 0 atom stereocenters. The lowest BCUT2D eigenvalue weighted by atomic mass is 10.2. The average molecular weight is 252 g/mol. The third kappa shape index (κ3) is 1.97. The molecule has 0 aliphatic rings. The van der Waals surface area contributed by atoms with Crippen LogP contribution in [0.5, 0.6) is 0 Å². The van der Waals surface area contributed by atoms with Crippen LogP contribution in [0.25, 0.3) is 16.6 Å². The van der Waals surface area contributed by atoms with Crippen LogP contribution in [-0.2, 0) is 4.74 Å². The second-order valence-corrected chi connectivity index (χ2v) is 4.17. The Morgan fingerprint density at radius 1 is 1.21 bits per heavy atom. The molecule has 3 aromatic rings. The number of methoxy groups -OCH3 is 1. The molecule has 0 aliphatic carbocycles. The number of aromatic nitrogens is 2. The summed E-state index contributed by atoms with van der Waals surface area (Å²) >= 11 is 0. The van der Waals surface area contributed by atoms with Gasteiger partial charge in [0.1, 0.15) is 0 Å². The number of benzene rings is 1. The zero-order chi connectivity index (χ0) is 13.2. The first-order chi connectivity index (χ1) is 9.29. The molecule has 0 saturated carbocycles. The van der Waals surface area contributed by atoms with Crippen LogP contribution < -0.4 is 0 Å². The second-order valence-electron chi connectivity index (χ2n) is 4.17. The van der Waals surface area contributed by atoms with E-state index in [1.54, 1.807) is 12.3 Å². The molecule has 3 rings (SSSR count). The maximum absolute atomic E-state index is 11.5. The number of carbonyl (C=O) groups is 1. The first kappa shape index (κ1) is 11.5. The fourth-order valence-electron chi connectivity index (χ4n) is 2.10. The number of hydrogen-bond donors (Lipinski definition) is 0. The largest absolute Gasteiger partial charge is 0.465 e. The molecule has 0 saturated heterocycles. The Hall–Kier alpha value is -2.62. The fraction of sp³-hybridized carbons (Fsp3) is 0.0667. The number of ether oxygens (including phenoxy) is 1. The third-order valence-electron chi connectivity index (χ3n) is 3.02. The molecule has 0 aliphatic heterocycles. The molecule has 0 bridgehead atoms. The van der Waals surface area contributed by atoms with Crippen molar-refractivity contribution in [2.75, 3.05) is 7.11 Å². The molecule has 2 heterocycles. The van der Waals surface area contributed by atoms with E-state index in [0.29, 0.717) is 5.56 Å². The summed E-state index contributed by atoms with van der Waals surface area (Å²) in [6, 6.07) is 11.8. The van der Waals surface area contributed by atoms with Crippen molar-refractivity contribution in [3.63, 3.8) is 0 Å². The molecule has 0 N–H and O–H groups in total. The van der Waals surface area contributed by atoms with Gasteiger partial charge < -0.3 is 9.30 Å². The third-order valence-corrected chi connectivity index (χ3v) is 3.02. The molecule has 0 spiro atoms. The minimum absolute atomic E-state index is 0.384. The molecule has 2 aromatic heterocycles. The predicted molar refractivity (Wildman–Crippen MR) is 72.4 cm³/mol. The van der Waals surface area contributed by atoms with Crippen molar-refractivity contribution in [2.24, 2.45) is 0 Å². The molecule has 4 heteroatoms. The van der Waals surface area contributed by atoms with Crippen molar-refractivity contribution in [3.8, 4) is 5.69 Å². The van der Waals surface area contributed by atoms with E-state index in [1.807, 2.05) is 41.1 Å². The van der Waals surface area contributed by atoms with Crippen molar-refractivity contribution >= 4 is 16.9 Å². The van der Waals surface area contributed by atoms with Crippen molar-refractivity contribution in [2.45, 2.75) is 0 Å². The number of para-hydroxylation sites is 1. The summed E-state index contributed by atoms with van der Waals surface area (Å²) < 4.78 is 6.70. The SMILES string of the molecule is COC(=O)c1cncc(-n2ccc3ccccc32)c1. The fourth-order valence-corrected chi connectivity index (χ4v) is 2.10. The van der Waals surface area contributed by atoms with Crippen LogP contribution in [0.3, 0.4) is 0 Å². The summed E-state index contributed by atoms with van der Waals surface area (Å²) in [6.07, 6.45) is 5.18. The lowest BCUT2D eigenvalue weighted by Gasteiger charge is -2.06. The van der Waals surface area contributed by atoms with Crippen molar-refractivity contribution in [1.29, 1.82) is 0 Å². The van der Waals surface area contributed by atoms with Gasteiger partial charge in [-0.3, -0.25) is 4.98 Å². The highest BCUT2D eigenvalue weighted by Gasteiger charge is 2.08. The smallest absolute Gasteiger partial charge is 0.339 e. The maximum atomic E-state index is 11.5. The van der Waals surface area contributed by atoms with Gasteiger partial charge in [-0.25, -0.2) is 4.79 Å². The Bertz CT molecular complexity index is 746. The van der Waals surface area contributed by atoms with E-state index >= 15 is 0 Å². The van der Waals surface area contributed by atoms with Gasteiger partial charge in [0, 0.05) is 12.4 Å². The Morgan fingerprint density at radius 2 is 2.05 bits per heavy atom. The van der Waals surface area contributed by atoms with E-state index < -0.39 is 0 Å². The summed E-state index contributed by atoms with van der Waals surface area (Å²) in [4.78, 5) is 15.6. The second kappa shape index (κ2) is 4.57. The van der Waals surface area contributed by atoms with Gasteiger partial charge in [0.2, 0.25) is 0 Å². The van der Waals surface area contributed by atoms with Gasteiger partial charge in [-0.15, -0.1) is 0 Å². The van der Waals surface area contributed by atoms with Gasteiger partial charge in [-0.1, -0.05) is 18.2 Å². The summed E-state index contributed by atoms with van der Waals surface area (Å²) in [7, 11) is 1.36. The Kier molecular flexibility index (Phi) is 2.76. The highest BCUT2D eigenvalue weighted by Crippen LogP contribution is 2.20. The minimum atomic E-state index is -0.384. The number of hydrogen-bond acceptors (Lipinski definition) is 3. The lowest BCUT2D eigenvalue weighted by Crippen LogP contribution is -2.03. The number of esters is 1. The van der Waals surface area contributed by atoms with Gasteiger partial charge in [-0.2, -0.15) is 0 Å². The van der Waals surface area contributed by atoms with Crippen LogP contribution in [-0.4, -0.2) is 22.6 Å². The van der Waals surface area contributed by atoms with Crippen LogP contribution in [0.4, 0.5) is 0 Å². The molecule has 1 aromatic carbocycles. The highest BCUT2D eigenvalue weighted by atomic mass is 16.5. The van der Waals surface area contributed by atoms with Gasteiger partial charge in [0.15, 0.2) is 0 Å². The quantitative estimate of drug-likeness (QED) is 0.659. The average Bonchev–Trinajstić information content (AvgIpc) is 2.90. The summed E-state index contributed by atoms with van der Waals surface area (Å²) in [6.45, 7) is 0. The van der Waals surface area contributed by atoms with Crippen LogP contribution >= 0.6 is 0 Å². The highest BCUT2D eigenvalue weighted by molar-refractivity contribution is 5.90. The molecule has 4 nitrogen and oxygen atoms in total. The van der Waals surface area contributed by atoms with E-state index in [9.17, 15) is 4.79 Å². The number of nitrogens with zero attached hydrogens (tertiary/aromatic N) is 2. The number of fused-ring (bicyclic) bond motifs is 1. The van der Waals surface area contributed by atoms with Gasteiger partial charge in [0.05, 0.1) is 30.1 Å². The van der Waals surface area contributed by atoms with Crippen molar-refractivity contribution in [1.82, 2.24) is 9.55 Å². The van der Waals surface area contributed by atoms with Crippen LogP contribution in [0.1, 0.15) is 10.4 Å². The van der Waals surface area contributed by atoms with Crippen LogP contribution in [0, 0.1) is 0 Å². The van der Waals surface area contributed by atoms with Gasteiger partial charge >= 0.3 is 5.97 Å². The standard InChI is InChI=1S/C15H12N2O2/c1-19-15(18)12-8-13(10-16-9-12)17-7-6-11-4-2-3-5-14(11)17/h2-10H,1H3. The number of carbonyl (C=O) groups excluding carboxylic acids is 1. The Morgan fingerprint density at radius 3 is 2.89 bits per heavy atom. The molecular weight excluding hydrogens is 240 g/mol. The molecule has 0 amide bonds. The molecule has 19 heavy (non-hydrogen) atoms. The molecular formula is C15H12N2O2. The monoisotopic (exact) mass is 252 g/mol.